The Balaban J connectivity index is 1.40. The van der Waals surface area contributed by atoms with Gasteiger partial charge in [0.2, 0.25) is 5.91 Å². The van der Waals surface area contributed by atoms with E-state index in [2.05, 4.69) is 5.32 Å². The third-order valence-corrected chi connectivity index (χ3v) is 11.0. The van der Waals surface area contributed by atoms with E-state index in [1.807, 2.05) is 0 Å². The van der Waals surface area contributed by atoms with Crippen LogP contribution >= 0.6 is 0 Å². The highest BCUT2D eigenvalue weighted by Gasteiger charge is 2.62. The van der Waals surface area contributed by atoms with Gasteiger partial charge in [0.15, 0.2) is 25.2 Å². The smallest absolute Gasteiger partial charge is 0.364 e. The van der Waals surface area contributed by atoms with Gasteiger partial charge in [0, 0.05) is 25.7 Å². The number of hydrogen-bond donors (Lipinski definition) is 10. The summed E-state index contributed by atoms with van der Waals surface area (Å²) < 4.78 is 86.9. The number of carboxylic acids is 1. The predicted octanol–water partition coefficient (Wildman–Crippen LogP) is -4.55. The lowest BCUT2D eigenvalue weighted by Crippen LogP contribution is -2.68. The molecule has 0 aromatic heterocycles. The average molecular weight is 851 g/mol. The van der Waals surface area contributed by atoms with Crippen molar-refractivity contribution < 1.29 is 107 Å². The molecule has 5 heterocycles. The van der Waals surface area contributed by atoms with E-state index < -0.39 is 179 Å². The molecule has 20 unspecified atom stereocenters. The second-order valence-electron chi connectivity index (χ2n) is 15.4. The van der Waals surface area contributed by atoms with E-state index >= 15 is 0 Å². The van der Waals surface area contributed by atoms with Crippen molar-refractivity contribution in [2.24, 2.45) is 17.6 Å². The standard InChI is InChI=1S/C34H56F2N2O20/c1-11-19(43)21(45)15(6-39)51-28(11)56-25-18(38-14(4)42)30(50-13(3)20(25)44)54-23-12(2)29(52-16(7-40)22(23)46)55-24-17(8-41)53-31(49-10-34(35,36)9-37)27-26(24)57-33(5,58-27)32(47)48/h11-13,15-31,39-41,43-46H,6-10,37H2,1-5H3,(H,38,42)(H,47,48)/t11?,12?,13?,15?,16?,17?,18?,19?,20?,21?,22?,23?,24?,25?,26?,27?,28?,29?,30?,31?,33-/m0/s1. The van der Waals surface area contributed by atoms with E-state index in [4.69, 9.17) is 53.1 Å². The highest BCUT2D eigenvalue weighted by Crippen LogP contribution is 2.42. The van der Waals surface area contributed by atoms with Crippen LogP contribution in [0.15, 0.2) is 0 Å². The summed E-state index contributed by atoms with van der Waals surface area (Å²) in [5, 5.41) is 86.5. The van der Waals surface area contributed by atoms with Crippen LogP contribution in [0.3, 0.4) is 0 Å². The van der Waals surface area contributed by atoms with Gasteiger partial charge in [-0.05, 0) is 6.92 Å². The average Bonchev–Trinajstić information content (AvgIpc) is 3.55. The normalized spacial score (nSPS) is 47.4. The molecule has 0 aromatic rings. The first kappa shape index (κ1) is 47.1. The van der Waals surface area contributed by atoms with Crippen molar-refractivity contribution in [1.29, 1.82) is 0 Å². The zero-order valence-electron chi connectivity index (χ0n) is 32.4. The van der Waals surface area contributed by atoms with Crippen LogP contribution < -0.4 is 11.1 Å². The van der Waals surface area contributed by atoms with Gasteiger partial charge in [-0.25, -0.2) is 13.6 Å². The van der Waals surface area contributed by atoms with Gasteiger partial charge in [-0.15, -0.1) is 0 Å². The Morgan fingerprint density at radius 1 is 0.724 bits per heavy atom. The number of ether oxygens (including phenoxy) is 10. The molecule has 336 valence electrons. The second-order valence-corrected chi connectivity index (χ2v) is 15.4. The topological polar surface area (TPSA) is 326 Å². The monoisotopic (exact) mass is 850 g/mol. The summed E-state index contributed by atoms with van der Waals surface area (Å²) in [5.41, 5.74) is 5.12. The second kappa shape index (κ2) is 19.0. The van der Waals surface area contributed by atoms with Crippen molar-refractivity contribution in [3.63, 3.8) is 0 Å². The van der Waals surface area contributed by atoms with E-state index in [1.165, 1.54) is 27.7 Å². The van der Waals surface area contributed by atoms with Gasteiger partial charge in [0.1, 0.15) is 73.7 Å². The Labute approximate surface area is 331 Å². The quantitative estimate of drug-likeness (QED) is 0.0742. The highest BCUT2D eigenvalue weighted by atomic mass is 19.3. The molecular formula is C34H56F2N2O20. The fraction of sp³-hybridized carbons (Fsp3) is 0.941. The number of aliphatic hydroxyl groups is 7. The van der Waals surface area contributed by atoms with Crippen molar-refractivity contribution >= 4 is 11.9 Å². The number of carboxylic acid groups (broad SMARTS) is 1. The number of aliphatic carboxylic acids is 1. The number of carbonyl (C=O) groups excluding carboxylic acids is 1. The number of alkyl halides is 2. The van der Waals surface area contributed by atoms with Crippen LogP contribution in [0.5, 0.6) is 0 Å². The van der Waals surface area contributed by atoms with Crippen molar-refractivity contribution in [2.75, 3.05) is 33.0 Å². The maximum absolute atomic E-state index is 14.1. The van der Waals surface area contributed by atoms with Crippen LogP contribution in [0.2, 0.25) is 0 Å². The third-order valence-electron chi connectivity index (χ3n) is 11.0. The molecule has 0 aromatic carbocycles. The molecular weight excluding hydrogens is 794 g/mol. The van der Waals surface area contributed by atoms with E-state index in [1.54, 1.807) is 0 Å². The molecule has 5 fully saturated rings. The van der Waals surface area contributed by atoms with Crippen molar-refractivity contribution in [3.8, 4) is 0 Å². The van der Waals surface area contributed by atoms with Gasteiger partial charge in [0.05, 0.1) is 44.7 Å². The molecule has 0 aliphatic carbocycles. The lowest BCUT2D eigenvalue weighted by Gasteiger charge is -2.50. The van der Waals surface area contributed by atoms with Crippen LogP contribution in [0.4, 0.5) is 8.78 Å². The minimum Gasteiger partial charge on any atom is -0.477 e. The number of aliphatic hydroxyl groups excluding tert-OH is 7. The van der Waals surface area contributed by atoms with E-state index in [0.29, 0.717) is 0 Å². The SMILES string of the molecule is CC(=O)NC1C(OC2C(C)C(OC3C(CO)OC(OCC(F)(F)CN)C4O[C@@](C)(C(=O)O)OC34)OC(CO)C2O)OC(C)C(O)C1OC1OC(CO)C(O)C(O)C1C. The van der Waals surface area contributed by atoms with Gasteiger partial charge in [-0.3, -0.25) is 4.79 Å². The largest absolute Gasteiger partial charge is 0.477 e. The number of nitrogens with two attached hydrogens (primary N) is 1. The van der Waals surface area contributed by atoms with Crippen LogP contribution in [0.1, 0.15) is 34.6 Å². The molecule has 22 nitrogen and oxygen atoms in total. The predicted molar refractivity (Wildman–Crippen MR) is 182 cm³/mol. The van der Waals surface area contributed by atoms with Crippen LogP contribution in [-0.2, 0) is 57.0 Å². The van der Waals surface area contributed by atoms with Gasteiger partial charge in [-0.2, -0.15) is 0 Å². The van der Waals surface area contributed by atoms with Gasteiger partial charge >= 0.3 is 5.97 Å². The Kier molecular flexibility index (Phi) is 15.4. The molecule has 24 heteroatoms. The van der Waals surface area contributed by atoms with Crippen molar-refractivity contribution in [1.82, 2.24) is 5.32 Å². The summed E-state index contributed by atoms with van der Waals surface area (Å²) in [6, 6.07) is -1.35. The zero-order valence-corrected chi connectivity index (χ0v) is 32.4. The van der Waals surface area contributed by atoms with Crippen molar-refractivity contribution in [3.05, 3.63) is 0 Å². The third kappa shape index (κ3) is 9.74. The number of amides is 1. The van der Waals surface area contributed by atoms with Gasteiger partial charge in [-0.1, -0.05) is 13.8 Å². The summed E-state index contributed by atoms with van der Waals surface area (Å²) in [6.45, 7) is 2.02. The molecule has 5 aliphatic rings. The number of fused-ring (bicyclic) bond motifs is 1. The lowest BCUT2D eigenvalue weighted by molar-refractivity contribution is -0.367. The molecule has 0 radical (unpaired) electrons. The number of nitrogens with one attached hydrogen (secondary N) is 1. The number of rotatable bonds is 15. The minimum absolute atomic E-state index is 0.628. The lowest BCUT2D eigenvalue weighted by atomic mass is 9.90. The molecule has 0 spiro atoms. The molecule has 5 rings (SSSR count). The van der Waals surface area contributed by atoms with E-state index in [-0.39, 0.29) is 0 Å². The fourth-order valence-corrected chi connectivity index (χ4v) is 7.58. The first-order valence-corrected chi connectivity index (χ1v) is 18.9. The Bertz CT molecular complexity index is 1390. The summed E-state index contributed by atoms with van der Waals surface area (Å²) in [4.78, 5) is 24.7. The molecule has 5 aliphatic heterocycles. The van der Waals surface area contributed by atoms with Gasteiger partial charge < -0.3 is 99.3 Å². The number of halogens is 2. The first-order chi connectivity index (χ1) is 27.2. The summed E-state index contributed by atoms with van der Waals surface area (Å²) >= 11 is 0. The first-order valence-electron chi connectivity index (χ1n) is 18.9. The summed E-state index contributed by atoms with van der Waals surface area (Å²) in [5.74, 6) is -10.0. The number of hydrogen-bond acceptors (Lipinski definition) is 20. The maximum atomic E-state index is 14.1. The molecule has 0 saturated carbocycles. The summed E-state index contributed by atoms with van der Waals surface area (Å²) in [6.07, 6.45) is -24.3. The fourth-order valence-electron chi connectivity index (χ4n) is 7.58. The molecule has 5 saturated heterocycles. The Morgan fingerprint density at radius 2 is 1.26 bits per heavy atom. The molecule has 1 amide bonds. The molecule has 21 atom stereocenters. The van der Waals surface area contributed by atoms with Crippen LogP contribution in [0, 0.1) is 11.8 Å². The Hall–Kier alpha value is -1.92. The highest BCUT2D eigenvalue weighted by molar-refractivity contribution is 5.75. The molecule has 0 bridgehead atoms. The van der Waals surface area contributed by atoms with E-state index in [9.17, 15) is 59.2 Å². The Morgan fingerprint density at radius 3 is 1.83 bits per heavy atom. The van der Waals surface area contributed by atoms with Crippen molar-refractivity contribution in [2.45, 2.75) is 157 Å². The van der Waals surface area contributed by atoms with Crippen LogP contribution in [0.25, 0.3) is 0 Å². The van der Waals surface area contributed by atoms with E-state index in [0.717, 1.165) is 6.92 Å². The minimum atomic E-state index is -3.50. The van der Waals surface area contributed by atoms with Crippen LogP contribution in [-0.4, -0.2) is 208 Å². The zero-order chi connectivity index (χ0) is 43.0. The maximum Gasteiger partial charge on any atom is 0.364 e. The molecule has 58 heavy (non-hydrogen) atoms. The molecule has 11 N–H and O–H groups in total. The van der Waals surface area contributed by atoms with Gasteiger partial charge in [0.25, 0.3) is 11.7 Å². The summed E-state index contributed by atoms with van der Waals surface area (Å²) in [7, 11) is 0. The number of carbonyl (C=O) groups is 2.